The minimum Gasteiger partial charge on any atom is -0.366 e. The second kappa shape index (κ2) is 5.36. The van der Waals surface area contributed by atoms with Crippen molar-refractivity contribution >= 4 is 17.5 Å². The van der Waals surface area contributed by atoms with E-state index < -0.39 is 5.91 Å². The van der Waals surface area contributed by atoms with Gasteiger partial charge in [-0.3, -0.25) is 14.6 Å². The number of nitrogens with zero attached hydrogens (tertiary/aromatic N) is 1. The number of amides is 2. The summed E-state index contributed by atoms with van der Waals surface area (Å²) in [5.74, 6) is -0.601. The number of pyridine rings is 1. The lowest BCUT2D eigenvalue weighted by Crippen LogP contribution is -2.23. The van der Waals surface area contributed by atoms with E-state index in [1.807, 2.05) is 12.1 Å². The molecule has 0 spiro atoms. The van der Waals surface area contributed by atoms with Gasteiger partial charge in [-0.25, -0.2) is 0 Å². The van der Waals surface area contributed by atoms with E-state index in [1.54, 1.807) is 30.5 Å². The highest BCUT2D eigenvalue weighted by Gasteiger charge is 2.28. The van der Waals surface area contributed by atoms with E-state index in [-0.39, 0.29) is 11.8 Å². The molecule has 5 heteroatoms. The maximum absolute atomic E-state index is 12.3. The number of aromatic nitrogens is 1. The Bertz CT molecular complexity index is 670. The molecule has 3 N–H and O–H groups in total. The van der Waals surface area contributed by atoms with Gasteiger partial charge in [0, 0.05) is 35.5 Å². The number of anilines is 1. The van der Waals surface area contributed by atoms with Crippen molar-refractivity contribution in [3.8, 4) is 0 Å². The number of primary amides is 1. The second-order valence-corrected chi connectivity index (χ2v) is 5.15. The van der Waals surface area contributed by atoms with Crippen LogP contribution >= 0.6 is 0 Å². The first-order valence-corrected chi connectivity index (χ1v) is 6.77. The van der Waals surface area contributed by atoms with E-state index in [1.165, 1.54) is 0 Å². The van der Waals surface area contributed by atoms with Crippen LogP contribution in [0.4, 0.5) is 5.69 Å². The quantitative estimate of drug-likeness (QED) is 0.894. The van der Waals surface area contributed by atoms with Crippen LogP contribution in [0.2, 0.25) is 0 Å². The number of rotatable bonds is 3. The minimum atomic E-state index is -0.481. The Kier molecular flexibility index (Phi) is 3.39. The third-order valence-corrected chi connectivity index (χ3v) is 3.70. The van der Waals surface area contributed by atoms with Crippen molar-refractivity contribution in [1.82, 2.24) is 4.98 Å². The van der Waals surface area contributed by atoms with Gasteiger partial charge >= 0.3 is 0 Å². The van der Waals surface area contributed by atoms with E-state index in [9.17, 15) is 9.59 Å². The third-order valence-electron chi connectivity index (χ3n) is 3.70. The molecule has 0 saturated heterocycles. The van der Waals surface area contributed by atoms with Gasteiger partial charge in [-0.2, -0.15) is 0 Å². The van der Waals surface area contributed by atoms with Crippen molar-refractivity contribution in [2.24, 2.45) is 11.7 Å². The number of nitrogens with two attached hydrogens (primary N) is 1. The average molecular weight is 281 g/mol. The summed E-state index contributed by atoms with van der Waals surface area (Å²) in [5.41, 5.74) is 8.40. The molecule has 1 heterocycles. The summed E-state index contributed by atoms with van der Waals surface area (Å²) in [6.07, 6.45) is 3.14. The molecule has 1 aliphatic rings. The predicted molar refractivity (Wildman–Crippen MR) is 78.7 cm³/mol. The number of hydrogen-bond donors (Lipinski definition) is 2. The van der Waals surface area contributed by atoms with Crippen molar-refractivity contribution < 1.29 is 9.59 Å². The number of carbonyl (C=O) groups is 2. The van der Waals surface area contributed by atoms with Crippen molar-refractivity contribution in [2.75, 3.05) is 5.32 Å². The SMILES string of the molecule is NC(=O)c1ccc(NC(=O)C2Cc3cccnc3C2)cc1. The molecule has 3 rings (SSSR count). The van der Waals surface area contributed by atoms with E-state index in [4.69, 9.17) is 5.73 Å². The van der Waals surface area contributed by atoms with Crippen molar-refractivity contribution in [2.45, 2.75) is 12.8 Å². The van der Waals surface area contributed by atoms with Crippen LogP contribution in [-0.4, -0.2) is 16.8 Å². The molecule has 0 bridgehead atoms. The van der Waals surface area contributed by atoms with Gasteiger partial charge in [0.25, 0.3) is 0 Å². The molecule has 2 aromatic rings. The van der Waals surface area contributed by atoms with Gasteiger partial charge in [0.1, 0.15) is 0 Å². The molecule has 0 radical (unpaired) electrons. The molecule has 1 unspecified atom stereocenters. The zero-order valence-corrected chi connectivity index (χ0v) is 11.4. The number of nitrogens with one attached hydrogen (secondary N) is 1. The van der Waals surface area contributed by atoms with Gasteiger partial charge in [-0.1, -0.05) is 6.07 Å². The third kappa shape index (κ3) is 2.76. The lowest BCUT2D eigenvalue weighted by molar-refractivity contribution is -0.119. The summed E-state index contributed by atoms with van der Waals surface area (Å²) in [5, 5.41) is 2.87. The molecule has 1 atom stereocenters. The topological polar surface area (TPSA) is 85.1 Å². The highest BCUT2D eigenvalue weighted by atomic mass is 16.2. The van der Waals surface area contributed by atoms with Crippen LogP contribution in [0, 0.1) is 5.92 Å². The standard InChI is InChI=1S/C16H15N3O2/c17-15(20)10-3-5-13(6-4-10)19-16(21)12-8-11-2-1-7-18-14(11)9-12/h1-7,12H,8-9H2,(H2,17,20)(H,19,21). The van der Waals surface area contributed by atoms with E-state index in [0.717, 1.165) is 11.3 Å². The van der Waals surface area contributed by atoms with Gasteiger partial charge in [-0.15, -0.1) is 0 Å². The normalized spacial score (nSPS) is 16.3. The van der Waals surface area contributed by atoms with Gasteiger partial charge in [0.05, 0.1) is 0 Å². The molecule has 2 amide bonds. The van der Waals surface area contributed by atoms with Crippen LogP contribution < -0.4 is 11.1 Å². The molecular formula is C16H15N3O2. The summed E-state index contributed by atoms with van der Waals surface area (Å²) in [6, 6.07) is 10.5. The molecule has 0 aliphatic heterocycles. The first-order valence-electron chi connectivity index (χ1n) is 6.77. The summed E-state index contributed by atoms with van der Waals surface area (Å²) in [6.45, 7) is 0. The molecule has 1 aromatic carbocycles. The maximum Gasteiger partial charge on any atom is 0.248 e. The van der Waals surface area contributed by atoms with Gasteiger partial charge in [0.15, 0.2) is 0 Å². The van der Waals surface area contributed by atoms with Gasteiger partial charge < -0.3 is 11.1 Å². The van der Waals surface area contributed by atoms with Crippen LogP contribution in [0.25, 0.3) is 0 Å². The molecule has 0 saturated carbocycles. The number of carbonyl (C=O) groups excluding carboxylic acids is 2. The van der Waals surface area contributed by atoms with E-state index in [0.29, 0.717) is 24.1 Å². The van der Waals surface area contributed by atoms with Crippen molar-refractivity contribution in [3.63, 3.8) is 0 Å². The zero-order chi connectivity index (χ0) is 14.8. The van der Waals surface area contributed by atoms with Crippen LogP contribution in [0.15, 0.2) is 42.6 Å². The highest BCUT2D eigenvalue weighted by molar-refractivity contribution is 5.95. The first-order chi connectivity index (χ1) is 10.1. The molecule has 1 aliphatic carbocycles. The Balaban J connectivity index is 1.66. The van der Waals surface area contributed by atoms with E-state index in [2.05, 4.69) is 10.3 Å². The molecule has 0 fully saturated rings. The van der Waals surface area contributed by atoms with Crippen molar-refractivity contribution in [3.05, 3.63) is 59.4 Å². The van der Waals surface area contributed by atoms with Gasteiger partial charge in [-0.05, 0) is 42.3 Å². The summed E-state index contributed by atoms with van der Waals surface area (Å²) >= 11 is 0. The Morgan fingerprint density at radius 3 is 2.57 bits per heavy atom. The van der Waals surface area contributed by atoms with Crippen LogP contribution in [0.1, 0.15) is 21.6 Å². The molecule has 21 heavy (non-hydrogen) atoms. The number of benzene rings is 1. The van der Waals surface area contributed by atoms with E-state index >= 15 is 0 Å². The Hall–Kier alpha value is -2.69. The number of fused-ring (bicyclic) bond motifs is 1. The first kappa shape index (κ1) is 13.3. The lowest BCUT2D eigenvalue weighted by atomic mass is 10.1. The summed E-state index contributed by atoms with van der Waals surface area (Å²) < 4.78 is 0. The number of hydrogen-bond acceptors (Lipinski definition) is 3. The average Bonchev–Trinajstić information content (AvgIpc) is 2.92. The van der Waals surface area contributed by atoms with Crippen molar-refractivity contribution in [1.29, 1.82) is 0 Å². The minimum absolute atomic E-state index is 0.0279. The smallest absolute Gasteiger partial charge is 0.248 e. The monoisotopic (exact) mass is 281 g/mol. The predicted octanol–water partition coefficient (Wildman–Crippen LogP) is 1.53. The Morgan fingerprint density at radius 2 is 1.90 bits per heavy atom. The largest absolute Gasteiger partial charge is 0.366 e. The Labute approximate surface area is 122 Å². The fraction of sp³-hybridized carbons (Fsp3) is 0.188. The lowest BCUT2D eigenvalue weighted by Gasteiger charge is -2.10. The molecule has 1 aromatic heterocycles. The van der Waals surface area contributed by atoms with Gasteiger partial charge in [0.2, 0.25) is 11.8 Å². The molecule has 5 nitrogen and oxygen atoms in total. The molecule has 106 valence electrons. The highest BCUT2D eigenvalue weighted by Crippen LogP contribution is 2.25. The second-order valence-electron chi connectivity index (χ2n) is 5.15. The fourth-order valence-electron chi connectivity index (χ4n) is 2.56. The van der Waals surface area contributed by atoms with Crippen LogP contribution in [-0.2, 0) is 17.6 Å². The Morgan fingerprint density at radius 1 is 1.14 bits per heavy atom. The maximum atomic E-state index is 12.3. The fourth-order valence-corrected chi connectivity index (χ4v) is 2.56. The summed E-state index contributed by atoms with van der Waals surface area (Å²) in [4.78, 5) is 27.6. The zero-order valence-electron chi connectivity index (χ0n) is 11.4. The molecular weight excluding hydrogens is 266 g/mol. The summed E-state index contributed by atoms with van der Waals surface area (Å²) in [7, 11) is 0. The van der Waals surface area contributed by atoms with Crippen LogP contribution in [0.3, 0.4) is 0 Å². The van der Waals surface area contributed by atoms with Crippen LogP contribution in [0.5, 0.6) is 0 Å².